The minimum absolute atomic E-state index is 0.116. The molecule has 20 heavy (non-hydrogen) atoms. The molecule has 2 aromatic carbocycles. The second kappa shape index (κ2) is 6.34. The van der Waals surface area contributed by atoms with Crippen LogP contribution in [0.15, 0.2) is 58.1 Å². The molecule has 0 fully saturated rings. The Morgan fingerprint density at radius 2 is 1.85 bits per heavy atom. The third-order valence-corrected chi connectivity index (χ3v) is 3.19. The Bertz CT molecular complexity index is 668. The number of halogens is 1. The number of aromatic carboxylic acids is 1. The molecule has 0 aliphatic heterocycles. The molecule has 0 amide bonds. The van der Waals surface area contributed by atoms with Crippen molar-refractivity contribution in [2.24, 2.45) is 5.10 Å². The van der Waals surface area contributed by atoms with Gasteiger partial charge >= 0.3 is 0 Å². The number of carbonyl (C=O) groups excluding carboxylic acids is 1. The van der Waals surface area contributed by atoms with Gasteiger partial charge in [0.15, 0.2) is 0 Å². The molecule has 0 atom stereocenters. The van der Waals surface area contributed by atoms with Gasteiger partial charge in [-0.15, -0.1) is 0 Å². The second-order valence-corrected chi connectivity index (χ2v) is 5.10. The fourth-order valence-electron chi connectivity index (χ4n) is 1.64. The van der Waals surface area contributed by atoms with Crippen LogP contribution in [0.3, 0.4) is 0 Å². The van der Waals surface area contributed by atoms with Gasteiger partial charge in [0.2, 0.25) is 0 Å². The van der Waals surface area contributed by atoms with E-state index in [0.29, 0.717) is 5.69 Å². The van der Waals surface area contributed by atoms with E-state index in [2.05, 4.69) is 26.5 Å². The first-order valence-corrected chi connectivity index (χ1v) is 6.73. The zero-order valence-corrected chi connectivity index (χ0v) is 12.3. The first-order chi connectivity index (χ1) is 9.56. The van der Waals surface area contributed by atoms with Gasteiger partial charge in [-0.2, -0.15) is 5.10 Å². The normalized spacial score (nSPS) is 11.2. The summed E-state index contributed by atoms with van der Waals surface area (Å²) in [6.45, 7) is 1.87. The number of anilines is 1. The minimum atomic E-state index is -1.21. The monoisotopic (exact) mass is 331 g/mol. The quantitative estimate of drug-likeness (QED) is 0.691. The van der Waals surface area contributed by atoms with E-state index >= 15 is 0 Å². The lowest BCUT2D eigenvalue weighted by atomic mass is 10.1. The summed E-state index contributed by atoms with van der Waals surface area (Å²) in [5, 5.41) is 15.0. The van der Waals surface area contributed by atoms with Crippen molar-refractivity contribution in [3.05, 3.63) is 64.1 Å². The molecular weight excluding hydrogens is 320 g/mol. The predicted molar refractivity (Wildman–Crippen MR) is 80.7 cm³/mol. The summed E-state index contributed by atoms with van der Waals surface area (Å²) in [5.74, 6) is -1.21. The van der Waals surface area contributed by atoms with Crippen molar-refractivity contribution in [3.8, 4) is 0 Å². The van der Waals surface area contributed by atoms with Gasteiger partial charge < -0.3 is 9.90 Å². The molecule has 102 valence electrons. The van der Waals surface area contributed by atoms with E-state index in [1.54, 1.807) is 12.1 Å². The minimum Gasteiger partial charge on any atom is -0.545 e. The molecule has 0 aliphatic rings. The van der Waals surface area contributed by atoms with Crippen molar-refractivity contribution in [2.75, 3.05) is 5.43 Å². The van der Waals surface area contributed by atoms with Crippen molar-refractivity contribution in [2.45, 2.75) is 6.92 Å². The number of nitrogens with zero attached hydrogens (tertiary/aromatic N) is 1. The van der Waals surface area contributed by atoms with E-state index in [9.17, 15) is 9.90 Å². The second-order valence-electron chi connectivity index (χ2n) is 4.19. The van der Waals surface area contributed by atoms with E-state index in [4.69, 9.17) is 0 Å². The van der Waals surface area contributed by atoms with Crippen LogP contribution in [0.2, 0.25) is 0 Å². The summed E-state index contributed by atoms with van der Waals surface area (Å²) in [5.41, 5.74) is 5.32. The van der Waals surface area contributed by atoms with Crippen molar-refractivity contribution in [3.63, 3.8) is 0 Å². The van der Waals surface area contributed by atoms with Crippen LogP contribution in [-0.4, -0.2) is 11.7 Å². The Morgan fingerprint density at radius 1 is 1.15 bits per heavy atom. The number of nitrogens with one attached hydrogen (secondary N) is 1. The van der Waals surface area contributed by atoms with Crippen LogP contribution in [-0.2, 0) is 0 Å². The molecule has 0 bridgehead atoms. The maximum Gasteiger partial charge on any atom is 0.0716 e. The van der Waals surface area contributed by atoms with Gasteiger partial charge in [-0.25, -0.2) is 0 Å². The smallest absolute Gasteiger partial charge is 0.0716 e. The van der Waals surface area contributed by atoms with Gasteiger partial charge in [0.1, 0.15) is 0 Å². The van der Waals surface area contributed by atoms with E-state index in [0.717, 1.165) is 15.7 Å². The van der Waals surface area contributed by atoms with Gasteiger partial charge in [-0.05, 0) is 42.3 Å². The summed E-state index contributed by atoms with van der Waals surface area (Å²) in [6.07, 6.45) is 0. The Hall–Kier alpha value is -2.14. The Morgan fingerprint density at radius 3 is 2.55 bits per heavy atom. The third kappa shape index (κ3) is 3.68. The maximum absolute atomic E-state index is 10.8. The number of hydrogen-bond acceptors (Lipinski definition) is 4. The highest BCUT2D eigenvalue weighted by Crippen LogP contribution is 2.14. The number of hydrazone groups is 1. The van der Waals surface area contributed by atoms with Crippen molar-refractivity contribution >= 4 is 33.3 Å². The molecule has 5 heteroatoms. The summed E-state index contributed by atoms with van der Waals surface area (Å²) in [7, 11) is 0. The molecule has 0 spiro atoms. The molecular formula is C15H12BrN2O2-. The lowest BCUT2D eigenvalue weighted by Crippen LogP contribution is -2.22. The van der Waals surface area contributed by atoms with Crippen LogP contribution >= 0.6 is 15.9 Å². The molecule has 4 nitrogen and oxygen atoms in total. The molecule has 0 saturated carbocycles. The molecule has 0 unspecified atom stereocenters. The summed E-state index contributed by atoms with van der Waals surface area (Å²) in [4.78, 5) is 10.8. The number of hydrogen-bond donors (Lipinski definition) is 1. The average Bonchev–Trinajstić information content (AvgIpc) is 2.45. The number of carbonyl (C=O) groups is 1. The van der Waals surface area contributed by atoms with Crippen LogP contribution in [0.5, 0.6) is 0 Å². The number of rotatable bonds is 4. The topological polar surface area (TPSA) is 64.5 Å². The first kappa shape index (κ1) is 14.3. The van der Waals surface area contributed by atoms with E-state index in [-0.39, 0.29) is 5.56 Å². The Kier molecular flexibility index (Phi) is 4.53. The zero-order valence-electron chi connectivity index (χ0n) is 10.8. The molecule has 0 radical (unpaired) electrons. The molecule has 0 aromatic heterocycles. The van der Waals surface area contributed by atoms with Crippen molar-refractivity contribution < 1.29 is 9.90 Å². The summed E-state index contributed by atoms with van der Waals surface area (Å²) in [6, 6.07) is 14.1. The van der Waals surface area contributed by atoms with E-state index in [1.807, 2.05) is 31.2 Å². The molecule has 2 aromatic rings. The predicted octanol–water partition coefficient (Wildman–Crippen LogP) is 2.65. The van der Waals surface area contributed by atoms with Gasteiger partial charge in [0.05, 0.1) is 17.4 Å². The molecule has 0 heterocycles. The summed E-state index contributed by atoms with van der Waals surface area (Å²) < 4.78 is 0.975. The fourth-order valence-corrected chi connectivity index (χ4v) is 2.04. The highest BCUT2D eigenvalue weighted by molar-refractivity contribution is 9.10. The van der Waals surface area contributed by atoms with Crippen LogP contribution in [0.4, 0.5) is 5.69 Å². The molecule has 0 saturated heterocycles. The number of benzene rings is 2. The highest BCUT2D eigenvalue weighted by atomic mass is 79.9. The Balaban J connectivity index is 2.16. The average molecular weight is 332 g/mol. The van der Waals surface area contributed by atoms with Crippen LogP contribution in [0.25, 0.3) is 0 Å². The lowest BCUT2D eigenvalue weighted by Gasteiger charge is -2.07. The van der Waals surface area contributed by atoms with Gasteiger partial charge in [-0.1, -0.05) is 40.2 Å². The SMILES string of the molecule is C/C(=N/Nc1cccc(C(=O)[O-])c1)c1cccc(Br)c1. The van der Waals surface area contributed by atoms with Gasteiger partial charge in [-0.3, -0.25) is 5.43 Å². The van der Waals surface area contributed by atoms with E-state index < -0.39 is 5.97 Å². The van der Waals surface area contributed by atoms with Crippen molar-refractivity contribution in [1.82, 2.24) is 0 Å². The van der Waals surface area contributed by atoms with Gasteiger partial charge in [0, 0.05) is 4.47 Å². The van der Waals surface area contributed by atoms with E-state index in [1.165, 1.54) is 12.1 Å². The lowest BCUT2D eigenvalue weighted by molar-refractivity contribution is -0.255. The zero-order chi connectivity index (χ0) is 14.5. The number of carboxylic acid groups (broad SMARTS) is 1. The first-order valence-electron chi connectivity index (χ1n) is 5.94. The highest BCUT2D eigenvalue weighted by Gasteiger charge is 1.99. The summed E-state index contributed by atoms with van der Waals surface area (Å²) >= 11 is 3.40. The Labute approximate surface area is 125 Å². The standard InChI is InChI=1S/C15H13BrN2O2/c1-10(11-4-2-6-13(16)8-11)17-18-14-7-3-5-12(9-14)15(19)20/h2-9,18H,1H3,(H,19,20)/p-1/b17-10-. The molecule has 0 aliphatic carbocycles. The fraction of sp³-hybridized carbons (Fsp3) is 0.0667. The molecule has 2 rings (SSSR count). The number of carboxylic acids is 1. The van der Waals surface area contributed by atoms with Crippen LogP contribution in [0.1, 0.15) is 22.8 Å². The van der Waals surface area contributed by atoms with Crippen LogP contribution in [0, 0.1) is 0 Å². The largest absolute Gasteiger partial charge is 0.545 e. The third-order valence-electron chi connectivity index (χ3n) is 2.69. The van der Waals surface area contributed by atoms with Gasteiger partial charge in [0.25, 0.3) is 0 Å². The van der Waals surface area contributed by atoms with Crippen LogP contribution < -0.4 is 10.5 Å². The maximum atomic E-state index is 10.8. The molecule has 1 N–H and O–H groups in total. The van der Waals surface area contributed by atoms with Crippen molar-refractivity contribution in [1.29, 1.82) is 0 Å².